The summed E-state index contributed by atoms with van der Waals surface area (Å²) in [6, 6.07) is 20.2. The lowest BCUT2D eigenvalue weighted by Gasteiger charge is -2.21. The molecule has 4 N–H and O–H groups in total. The van der Waals surface area contributed by atoms with Crippen LogP contribution in [0.15, 0.2) is 65.3 Å². The molecule has 1 amide bonds. The number of hydrogen-bond acceptors (Lipinski definition) is 7. The number of nitriles is 2. The minimum absolute atomic E-state index is 0.216. The third-order valence-electron chi connectivity index (χ3n) is 4.26. The van der Waals surface area contributed by atoms with Gasteiger partial charge in [-0.25, -0.2) is 5.01 Å². The fraction of sp³-hybridized carbons (Fsp3) is 0.143. The molecule has 8 heteroatoms. The molecule has 2 atom stereocenters. The molecule has 2 aromatic rings. The van der Waals surface area contributed by atoms with Crippen molar-refractivity contribution in [1.29, 1.82) is 10.5 Å². The van der Waals surface area contributed by atoms with E-state index in [1.807, 2.05) is 30.3 Å². The zero-order valence-electron chi connectivity index (χ0n) is 15.4. The van der Waals surface area contributed by atoms with Crippen LogP contribution < -0.4 is 21.2 Å². The number of rotatable bonds is 6. The van der Waals surface area contributed by atoms with Gasteiger partial charge in [0.15, 0.2) is 6.61 Å². The normalized spacial score (nSPS) is 18.5. The molecule has 0 spiro atoms. The van der Waals surface area contributed by atoms with Crippen molar-refractivity contribution >= 4 is 23.4 Å². The van der Waals surface area contributed by atoms with Crippen LogP contribution in [0.3, 0.4) is 0 Å². The first-order valence-electron chi connectivity index (χ1n) is 8.75. The van der Waals surface area contributed by atoms with Gasteiger partial charge in [0.25, 0.3) is 5.91 Å². The Morgan fingerprint density at radius 1 is 1.17 bits per heavy atom. The monoisotopic (exact) mass is 386 g/mol. The summed E-state index contributed by atoms with van der Waals surface area (Å²) in [7, 11) is 0. The van der Waals surface area contributed by atoms with E-state index in [2.05, 4.69) is 17.2 Å². The van der Waals surface area contributed by atoms with Gasteiger partial charge in [-0.05, 0) is 35.9 Å². The third-order valence-corrected chi connectivity index (χ3v) is 4.26. The zero-order chi connectivity index (χ0) is 20.8. The Bertz CT molecular complexity index is 1030. The number of benzene rings is 2. The number of amides is 1. The van der Waals surface area contributed by atoms with E-state index in [0.717, 1.165) is 5.69 Å². The highest BCUT2D eigenvalue weighted by atomic mass is 16.5. The van der Waals surface area contributed by atoms with Crippen LogP contribution in [0.2, 0.25) is 0 Å². The fourth-order valence-corrected chi connectivity index (χ4v) is 2.86. The molecular formula is C21H18N6O2. The van der Waals surface area contributed by atoms with Crippen molar-refractivity contribution in [3.63, 3.8) is 0 Å². The fourth-order valence-electron chi connectivity index (χ4n) is 2.86. The number of hydrogen-bond donors (Lipinski definition) is 2. The Morgan fingerprint density at radius 3 is 2.45 bits per heavy atom. The maximum absolute atomic E-state index is 10.8. The summed E-state index contributed by atoms with van der Waals surface area (Å²) in [5.74, 6) is -0.842. The standard InChI is InChI=1S/C21H18N6O2/c22-11-15(10-14-6-8-17(9-7-14)29-13-19(24)28)20-18(12-23)21(25)27(26-20)16-4-2-1-3-5-16/h1-10,18,21H,13,25H2,(H2,24,28)/b15-10-/t18-,21-/m1/s1. The average Bonchev–Trinajstić information content (AvgIpc) is 3.08. The van der Waals surface area contributed by atoms with Crippen molar-refractivity contribution in [1.82, 2.24) is 0 Å². The van der Waals surface area contributed by atoms with Crippen molar-refractivity contribution in [3.05, 3.63) is 65.7 Å². The first-order valence-corrected chi connectivity index (χ1v) is 8.75. The third kappa shape index (κ3) is 4.41. The second-order valence-corrected chi connectivity index (χ2v) is 6.26. The van der Waals surface area contributed by atoms with E-state index in [1.165, 1.54) is 0 Å². The molecule has 1 aliphatic rings. The van der Waals surface area contributed by atoms with E-state index in [4.69, 9.17) is 16.2 Å². The van der Waals surface area contributed by atoms with Gasteiger partial charge in [0.05, 0.1) is 23.0 Å². The molecule has 0 aromatic heterocycles. The summed E-state index contributed by atoms with van der Waals surface area (Å²) in [4.78, 5) is 10.8. The van der Waals surface area contributed by atoms with E-state index < -0.39 is 18.0 Å². The van der Waals surface area contributed by atoms with Gasteiger partial charge in [-0.2, -0.15) is 15.6 Å². The van der Waals surface area contributed by atoms with E-state index >= 15 is 0 Å². The van der Waals surface area contributed by atoms with Crippen LogP contribution in [-0.4, -0.2) is 24.4 Å². The number of hydrazone groups is 1. The van der Waals surface area contributed by atoms with Crippen molar-refractivity contribution in [2.75, 3.05) is 11.6 Å². The number of carbonyl (C=O) groups excluding carboxylic acids is 1. The first-order chi connectivity index (χ1) is 14.0. The molecule has 0 bridgehead atoms. The molecule has 144 valence electrons. The lowest BCUT2D eigenvalue weighted by atomic mass is 9.95. The number of ether oxygens (including phenoxy) is 1. The summed E-state index contributed by atoms with van der Waals surface area (Å²) < 4.78 is 5.21. The van der Waals surface area contributed by atoms with Crippen LogP contribution in [0, 0.1) is 28.6 Å². The van der Waals surface area contributed by atoms with Gasteiger partial charge in [0.2, 0.25) is 0 Å². The Morgan fingerprint density at radius 2 is 1.86 bits per heavy atom. The predicted octanol–water partition coefficient (Wildman–Crippen LogP) is 1.76. The molecular weight excluding hydrogens is 368 g/mol. The minimum Gasteiger partial charge on any atom is -0.484 e. The van der Waals surface area contributed by atoms with Crippen LogP contribution in [-0.2, 0) is 4.79 Å². The largest absolute Gasteiger partial charge is 0.484 e. The maximum Gasteiger partial charge on any atom is 0.255 e. The quantitative estimate of drug-likeness (QED) is 0.725. The van der Waals surface area contributed by atoms with Crippen molar-refractivity contribution in [2.45, 2.75) is 6.17 Å². The zero-order valence-corrected chi connectivity index (χ0v) is 15.4. The SMILES string of the molecule is N#C/C(=C/c1ccc(OCC(N)=O)cc1)C1=NN(c2ccccc2)[C@@H](N)[C@@H]1C#N. The number of anilines is 1. The number of primary amides is 1. The highest BCUT2D eigenvalue weighted by Crippen LogP contribution is 2.28. The lowest BCUT2D eigenvalue weighted by molar-refractivity contribution is -0.119. The Kier molecular flexibility index (Phi) is 5.88. The topological polar surface area (TPSA) is 142 Å². The molecule has 1 aliphatic heterocycles. The molecule has 0 radical (unpaired) electrons. The number of nitrogens with zero attached hydrogens (tertiary/aromatic N) is 4. The van der Waals surface area contributed by atoms with Gasteiger partial charge in [0.1, 0.15) is 23.9 Å². The molecule has 0 saturated carbocycles. The molecule has 0 unspecified atom stereocenters. The minimum atomic E-state index is -0.751. The Hall–Kier alpha value is -4.14. The molecule has 3 rings (SSSR count). The summed E-state index contributed by atoms with van der Waals surface area (Å²) in [6.45, 7) is -0.216. The number of carbonyl (C=O) groups is 1. The lowest BCUT2D eigenvalue weighted by Crippen LogP contribution is -2.40. The molecule has 0 fully saturated rings. The smallest absolute Gasteiger partial charge is 0.255 e. The Labute approximate surface area is 167 Å². The molecule has 29 heavy (non-hydrogen) atoms. The van der Waals surface area contributed by atoms with Crippen LogP contribution in [0.5, 0.6) is 5.75 Å². The van der Waals surface area contributed by atoms with Crippen LogP contribution >= 0.6 is 0 Å². The van der Waals surface area contributed by atoms with E-state index in [-0.39, 0.29) is 12.2 Å². The second-order valence-electron chi connectivity index (χ2n) is 6.26. The van der Waals surface area contributed by atoms with Crippen molar-refractivity contribution < 1.29 is 9.53 Å². The summed E-state index contributed by atoms with van der Waals surface area (Å²) in [5, 5.41) is 25.3. The number of para-hydroxylation sites is 1. The molecule has 0 saturated heterocycles. The van der Waals surface area contributed by atoms with Gasteiger partial charge in [-0.15, -0.1) is 0 Å². The predicted molar refractivity (Wildman–Crippen MR) is 108 cm³/mol. The van der Waals surface area contributed by atoms with Crippen molar-refractivity contribution in [3.8, 4) is 17.9 Å². The van der Waals surface area contributed by atoms with Gasteiger partial charge in [0, 0.05) is 0 Å². The summed E-state index contributed by atoms with van der Waals surface area (Å²) in [5.41, 5.74) is 13.3. The van der Waals surface area contributed by atoms with Gasteiger partial charge in [-0.1, -0.05) is 30.3 Å². The average molecular weight is 386 g/mol. The summed E-state index contributed by atoms with van der Waals surface area (Å²) >= 11 is 0. The van der Waals surface area contributed by atoms with E-state index in [9.17, 15) is 15.3 Å². The number of nitrogens with two attached hydrogens (primary N) is 2. The van der Waals surface area contributed by atoms with E-state index in [0.29, 0.717) is 17.0 Å². The molecule has 1 heterocycles. The van der Waals surface area contributed by atoms with Crippen LogP contribution in [0.25, 0.3) is 6.08 Å². The maximum atomic E-state index is 10.8. The highest BCUT2D eigenvalue weighted by molar-refractivity contribution is 6.11. The first kappa shape index (κ1) is 19.6. The second kappa shape index (κ2) is 8.70. The van der Waals surface area contributed by atoms with Crippen molar-refractivity contribution in [2.24, 2.45) is 22.5 Å². The van der Waals surface area contributed by atoms with Gasteiger partial charge >= 0.3 is 0 Å². The van der Waals surface area contributed by atoms with Gasteiger partial charge in [-0.3, -0.25) is 4.79 Å². The molecule has 2 aromatic carbocycles. The van der Waals surface area contributed by atoms with Crippen LogP contribution in [0.4, 0.5) is 5.69 Å². The molecule has 0 aliphatic carbocycles. The van der Waals surface area contributed by atoms with Crippen LogP contribution in [0.1, 0.15) is 5.56 Å². The summed E-state index contributed by atoms with van der Waals surface area (Å²) in [6.07, 6.45) is 0.932. The number of allylic oxidation sites excluding steroid dienone is 1. The molecule has 8 nitrogen and oxygen atoms in total. The van der Waals surface area contributed by atoms with Gasteiger partial charge < -0.3 is 16.2 Å². The van der Waals surface area contributed by atoms with E-state index in [1.54, 1.807) is 35.4 Å². The highest BCUT2D eigenvalue weighted by Gasteiger charge is 2.37. The Balaban J connectivity index is 1.89.